The molecule has 1 aliphatic heterocycles. The first-order valence-corrected chi connectivity index (χ1v) is 10.0. The number of carbonyl (C=O) groups is 1. The molecule has 0 aromatic heterocycles. The number of carbonyl (C=O) groups excluding carboxylic acids is 1. The van der Waals surface area contributed by atoms with Crippen LogP contribution in [0.25, 0.3) is 0 Å². The Labute approximate surface area is 157 Å². The molecule has 0 saturated carbocycles. The molecular weight excluding hydrogens is 369 g/mol. The van der Waals surface area contributed by atoms with Gasteiger partial charge < -0.3 is 0 Å². The minimum absolute atomic E-state index is 0.0549. The van der Waals surface area contributed by atoms with Crippen LogP contribution < -0.4 is 5.43 Å². The Balaban J connectivity index is 1.54. The van der Waals surface area contributed by atoms with Crippen molar-refractivity contribution in [2.45, 2.75) is 17.7 Å². The molecule has 1 fully saturated rings. The number of hydrogen-bond acceptors (Lipinski definition) is 4. The summed E-state index contributed by atoms with van der Waals surface area (Å²) in [5.41, 5.74) is 3.39. The van der Waals surface area contributed by atoms with E-state index in [1.165, 1.54) is 16.4 Å². The van der Waals surface area contributed by atoms with Crippen LogP contribution in [0.2, 0.25) is 0 Å². The van der Waals surface area contributed by atoms with Gasteiger partial charge in [0.15, 0.2) is 0 Å². The van der Waals surface area contributed by atoms with Crippen LogP contribution in [0.4, 0.5) is 4.39 Å². The Morgan fingerprint density at radius 2 is 1.70 bits per heavy atom. The van der Waals surface area contributed by atoms with Gasteiger partial charge in [0.25, 0.3) is 0 Å². The standard InChI is InChI=1S/C19H20FN3O3S/c20-17-6-8-18(9-7-17)27(25,26)23-12-10-16(11-13-23)19(24)22-21-14-15-4-2-1-3-5-15/h1-9,14,16H,10-13H2,(H,22,24)/b21-14-. The maximum atomic E-state index is 13.0. The highest BCUT2D eigenvalue weighted by atomic mass is 32.2. The van der Waals surface area contributed by atoms with E-state index < -0.39 is 15.8 Å². The lowest BCUT2D eigenvalue weighted by molar-refractivity contribution is -0.126. The SMILES string of the molecule is O=C(N/N=C\c1ccccc1)C1CCN(S(=O)(=O)c2ccc(F)cc2)CC1. The summed E-state index contributed by atoms with van der Waals surface area (Å²) in [6.45, 7) is 0.473. The van der Waals surface area contributed by atoms with Crippen molar-refractivity contribution in [1.82, 2.24) is 9.73 Å². The van der Waals surface area contributed by atoms with Crippen molar-refractivity contribution in [3.8, 4) is 0 Å². The molecule has 0 radical (unpaired) electrons. The van der Waals surface area contributed by atoms with Gasteiger partial charge in [-0.25, -0.2) is 18.2 Å². The molecular formula is C19H20FN3O3S. The highest BCUT2D eigenvalue weighted by Crippen LogP contribution is 2.24. The molecule has 1 heterocycles. The quantitative estimate of drug-likeness (QED) is 0.630. The zero-order chi connectivity index (χ0) is 19.3. The first-order valence-electron chi connectivity index (χ1n) is 8.60. The average Bonchev–Trinajstić information content (AvgIpc) is 2.69. The van der Waals surface area contributed by atoms with E-state index in [9.17, 15) is 17.6 Å². The van der Waals surface area contributed by atoms with Gasteiger partial charge in [0.2, 0.25) is 15.9 Å². The highest BCUT2D eigenvalue weighted by molar-refractivity contribution is 7.89. The van der Waals surface area contributed by atoms with Crippen molar-refractivity contribution >= 4 is 22.1 Å². The van der Waals surface area contributed by atoms with E-state index in [1.807, 2.05) is 30.3 Å². The second kappa shape index (κ2) is 8.41. The van der Waals surface area contributed by atoms with Crippen LogP contribution in [0.3, 0.4) is 0 Å². The molecule has 1 saturated heterocycles. The van der Waals surface area contributed by atoms with Gasteiger partial charge in [-0.05, 0) is 42.7 Å². The maximum absolute atomic E-state index is 13.0. The van der Waals surface area contributed by atoms with Crippen molar-refractivity contribution in [2.24, 2.45) is 11.0 Å². The molecule has 0 bridgehead atoms. The molecule has 0 spiro atoms. The van der Waals surface area contributed by atoms with E-state index in [0.29, 0.717) is 12.8 Å². The first-order chi connectivity index (χ1) is 13.0. The van der Waals surface area contributed by atoms with E-state index in [2.05, 4.69) is 10.5 Å². The monoisotopic (exact) mass is 389 g/mol. The van der Waals surface area contributed by atoms with Crippen LogP contribution in [0.5, 0.6) is 0 Å². The summed E-state index contributed by atoms with van der Waals surface area (Å²) in [5.74, 6) is -1.00. The Kier molecular flexibility index (Phi) is 5.98. The van der Waals surface area contributed by atoms with E-state index in [0.717, 1.165) is 17.7 Å². The number of nitrogens with one attached hydrogen (secondary N) is 1. The fraction of sp³-hybridized carbons (Fsp3) is 0.263. The van der Waals surface area contributed by atoms with E-state index in [-0.39, 0.29) is 29.8 Å². The molecule has 0 unspecified atom stereocenters. The van der Waals surface area contributed by atoms with E-state index in [1.54, 1.807) is 6.21 Å². The number of piperidine rings is 1. The summed E-state index contributed by atoms with van der Waals surface area (Å²) in [6.07, 6.45) is 2.38. The van der Waals surface area contributed by atoms with Gasteiger partial charge >= 0.3 is 0 Å². The van der Waals surface area contributed by atoms with Crippen molar-refractivity contribution in [3.63, 3.8) is 0 Å². The zero-order valence-electron chi connectivity index (χ0n) is 14.6. The number of halogens is 1. The number of hydrogen-bond donors (Lipinski definition) is 1. The number of sulfonamides is 1. The number of nitrogens with zero attached hydrogens (tertiary/aromatic N) is 2. The van der Waals surface area contributed by atoms with Crippen LogP contribution in [0.1, 0.15) is 18.4 Å². The Morgan fingerprint density at radius 1 is 1.07 bits per heavy atom. The number of rotatable bonds is 5. The van der Waals surface area contributed by atoms with E-state index >= 15 is 0 Å². The van der Waals surface area contributed by atoms with E-state index in [4.69, 9.17) is 0 Å². The van der Waals surface area contributed by atoms with Crippen molar-refractivity contribution in [3.05, 3.63) is 66.0 Å². The molecule has 0 aliphatic carbocycles. The number of amides is 1. The molecule has 1 N–H and O–H groups in total. The topological polar surface area (TPSA) is 78.8 Å². The maximum Gasteiger partial charge on any atom is 0.243 e. The minimum atomic E-state index is -3.68. The number of benzene rings is 2. The molecule has 0 atom stereocenters. The van der Waals surface area contributed by atoms with Gasteiger partial charge in [-0.15, -0.1) is 0 Å². The van der Waals surface area contributed by atoms with Crippen molar-refractivity contribution in [1.29, 1.82) is 0 Å². The predicted molar refractivity (Wildman–Crippen MR) is 100 cm³/mol. The lowest BCUT2D eigenvalue weighted by atomic mass is 9.98. The molecule has 6 nitrogen and oxygen atoms in total. The molecule has 1 aliphatic rings. The summed E-state index contributed by atoms with van der Waals surface area (Å²) in [7, 11) is -3.68. The summed E-state index contributed by atoms with van der Waals surface area (Å²) >= 11 is 0. The van der Waals surface area contributed by atoms with Gasteiger partial charge in [0, 0.05) is 19.0 Å². The molecule has 2 aromatic carbocycles. The van der Waals surface area contributed by atoms with Crippen LogP contribution >= 0.6 is 0 Å². The summed E-state index contributed by atoms with van der Waals surface area (Å²) in [6, 6.07) is 14.1. The second-order valence-electron chi connectivity index (χ2n) is 6.28. The van der Waals surface area contributed by atoms with Crippen LogP contribution in [0.15, 0.2) is 64.6 Å². The molecule has 142 valence electrons. The van der Waals surface area contributed by atoms with Gasteiger partial charge in [-0.1, -0.05) is 30.3 Å². The zero-order valence-corrected chi connectivity index (χ0v) is 15.4. The summed E-state index contributed by atoms with van der Waals surface area (Å²) < 4.78 is 39.5. The van der Waals surface area contributed by atoms with Crippen LogP contribution in [-0.4, -0.2) is 37.9 Å². The second-order valence-corrected chi connectivity index (χ2v) is 8.22. The highest BCUT2D eigenvalue weighted by Gasteiger charge is 2.32. The molecule has 8 heteroatoms. The minimum Gasteiger partial charge on any atom is -0.273 e. The molecule has 2 aromatic rings. The average molecular weight is 389 g/mol. The fourth-order valence-electron chi connectivity index (χ4n) is 2.91. The molecule has 3 rings (SSSR count). The Bertz CT molecular complexity index is 907. The summed E-state index contributed by atoms with van der Waals surface area (Å²) in [5, 5.41) is 3.95. The van der Waals surface area contributed by atoms with Gasteiger partial charge in [0.05, 0.1) is 11.1 Å². The van der Waals surface area contributed by atoms with Crippen molar-refractivity contribution < 1.29 is 17.6 Å². The normalized spacial score (nSPS) is 16.5. The smallest absolute Gasteiger partial charge is 0.243 e. The Morgan fingerprint density at radius 3 is 2.33 bits per heavy atom. The lowest BCUT2D eigenvalue weighted by Gasteiger charge is -2.30. The number of hydrazone groups is 1. The summed E-state index contributed by atoms with van der Waals surface area (Å²) in [4.78, 5) is 12.3. The first kappa shape index (κ1) is 19.2. The predicted octanol–water partition coefficient (Wildman–Crippen LogP) is 2.38. The third-order valence-corrected chi connectivity index (χ3v) is 6.38. The van der Waals surface area contributed by atoms with Gasteiger partial charge in [0.1, 0.15) is 5.82 Å². The van der Waals surface area contributed by atoms with Crippen LogP contribution in [-0.2, 0) is 14.8 Å². The Hall–Kier alpha value is -2.58. The van der Waals surface area contributed by atoms with Crippen molar-refractivity contribution in [2.75, 3.05) is 13.1 Å². The lowest BCUT2D eigenvalue weighted by Crippen LogP contribution is -2.42. The van der Waals surface area contributed by atoms with Gasteiger partial charge in [-0.2, -0.15) is 9.41 Å². The third kappa shape index (κ3) is 4.78. The largest absolute Gasteiger partial charge is 0.273 e. The fourth-order valence-corrected chi connectivity index (χ4v) is 4.38. The molecule has 1 amide bonds. The third-order valence-electron chi connectivity index (χ3n) is 4.46. The van der Waals surface area contributed by atoms with Gasteiger partial charge in [-0.3, -0.25) is 4.79 Å². The van der Waals surface area contributed by atoms with Crippen LogP contribution in [0, 0.1) is 11.7 Å². The molecule has 27 heavy (non-hydrogen) atoms.